The van der Waals surface area contributed by atoms with Crippen LogP contribution in [-0.2, 0) is 0 Å². The van der Waals surface area contributed by atoms with Crippen LogP contribution in [0.25, 0.3) is 33.2 Å². The number of aromatic amines is 1. The molecule has 2 heterocycles. The Morgan fingerprint density at radius 2 is 1.72 bits per heavy atom. The molecule has 0 unspecified atom stereocenters. The molecular formula is C21H16N4. The van der Waals surface area contributed by atoms with Gasteiger partial charge in [0.1, 0.15) is 17.5 Å². The van der Waals surface area contributed by atoms with Crippen molar-refractivity contribution in [3.8, 4) is 28.3 Å². The van der Waals surface area contributed by atoms with Crippen molar-refractivity contribution >= 4 is 16.7 Å². The van der Waals surface area contributed by atoms with Gasteiger partial charge in [-0.05, 0) is 18.6 Å². The number of fused-ring (bicyclic) bond motifs is 1. The maximum Gasteiger partial charge on any atom is 0.142 e. The molecule has 0 saturated heterocycles. The fraction of sp³-hybridized carbons (Fsp3) is 0.0476. The van der Waals surface area contributed by atoms with Crippen LogP contribution < -0.4 is 5.73 Å². The van der Waals surface area contributed by atoms with E-state index in [0.29, 0.717) is 5.56 Å². The molecule has 0 aliphatic rings. The van der Waals surface area contributed by atoms with Gasteiger partial charge in [0.15, 0.2) is 0 Å². The third-order valence-electron chi connectivity index (χ3n) is 4.44. The van der Waals surface area contributed by atoms with Gasteiger partial charge >= 0.3 is 0 Å². The standard InChI is InChI=1S/C21H16N4/c1-13-19(14-7-3-2-4-8-14)20(16(11-22)21(23)25-13)17-12-24-18-10-6-5-9-15(17)18/h2-10,12,24H,1H3,(H2,23,25). The van der Waals surface area contributed by atoms with Crippen LogP contribution in [-0.4, -0.2) is 9.97 Å². The Labute approximate surface area is 145 Å². The lowest BCUT2D eigenvalue weighted by molar-refractivity contribution is 1.20. The third kappa shape index (κ3) is 2.34. The number of benzene rings is 2. The summed E-state index contributed by atoms with van der Waals surface area (Å²) in [6.45, 7) is 1.93. The minimum absolute atomic E-state index is 0.264. The molecule has 3 N–H and O–H groups in total. The molecule has 4 aromatic rings. The number of hydrogen-bond donors (Lipinski definition) is 2. The molecule has 0 aliphatic carbocycles. The highest BCUT2D eigenvalue weighted by molar-refractivity contribution is 6.02. The normalized spacial score (nSPS) is 10.7. The number of para-hydroxylation sites is 1. The third-order valence-corrected chi connectivity index (χ3v) is 4.44. The Bertz CT molecular complexity index is 1120. The zero-order valence-corrected chi connectivity index (χ0v) is 13.7. The maximum atomic E-state index is 9.75. The molecule has 4 rings (SSSR count). The van der Waals surface area contributed by atoms with Crippen LogP contribution in [0.3, 0.4) is 0 Å². The van der Waals surface area contributed by atoms with Crippen molar-refractivity contribution in [3.63, 3.8) is 0 Å². The summed E-state index contributed by atoms with van der Waals surface area (Å²) in [6, 6.07) is 20.3. The molecule has 4 nitrogen and oxygen atoms in total. The van der Waals surface area contributed by atoms with E-state index in [-0.39, 0.29) is 5.82 Å². The van der Waals surface area contributed by atoms with Crippen molar-refractivity contribution in [2.45, 2.75) is 6.92 Å². The fourth-order valence-electron chi connectivity index (χ4n) is 3.35. The van der Waals surface area contributed by atoms with Gasteiger partial charge in [0.2, 0.25) is 0 Å². The van der Waals surface area contributed by atoms with Crippen LogP contribution >= 0.6 is 0 Å². The van der Waals surface area contributed by atoms with Crippen LogP contribution in [0.1, 0.15) is 11.3 Å². The van der Waals surface area contributed by atoms with Crippen molar-refractivity contribution in [1.82, 2.24) is 9.97 Å². The number of anilines is 1. The lowest BCUT2D eigenvalue weighted by Crippen LogP contribution is -2.03. The van der Waals surface area contributed by atoms with Crippen LogP contribution in [0.2, 0.25) is 0 Å². The van der Waals surface area contributed by atoms with Gasteiger partial charge in [0, 0.05) is 39.5 Å². The van der Waals surface area contributed by atoms with Gasteiger partial charge in [-0.25, -0.2) is 4.98 Å². The van der Waals surface area contributed by atoms with E-state index in [0.717, 1.165) is 38.9 Å². The molecule has 0 atom stereocenters. The van der Waals surface area contributed by atoms with Crippen LogP contribution in [0.15, 0.2) is 60.8 Å². The molecule has 0 bridgehead atoms. The van der Waals surface area contributed by atoms with Gasteiger partial charge < -0.3 is 10.7 Å². The summed E-state index contributed by atoms with van der Waals surface area (Å²) in [5, 5.41) is 10.8. The van der Waals surface area contributed by atoms with Crippen molar-refractivity contribution in [2.24, 2.45) is 0 Å². The molecule has 0 amide bonds. The first-order chi connectivity index (χ1) is 12.2. The number of rotatable bonds is 2. The van der Waals surface area contributed by atoms with Crippen molar-refractivity contribution < 1.29 is 0 Å². The highest BCUT2D eigenvalue weighted by Gasteiger charge is 2.21. The van der Waals surface area contributed by atoms with E-state index in [1.165, 1.54) is 0 Å². The van der Waals surface area contributed by atoms with Crippen molar-refractivity contribution in [2.75, 3.05) is 5.73 Å². The highest BCUT2D eigenvalue weighted by Crippen LogP contribution is 2.41. The van der Waals surface area contributed by atoms with Crippen molar-refractivity contribution in [1.29, 1.82) is 5.26 Å². The van der Waals surface area contributed by atoms with E-state index in [1.54, 1.807) is 0 Å². The smallest absolute Gasteiger partial charge is 0.142 e. The van der Waals surface area contributed by atoms with Crippen molar-refractivity contribution in [3.05, 3.63) is 72.1 Å². The molecule has 120 valence electrons. The Hall–Kier alpha value is -3.58. The summed E-state index contributed by atoms with van der Waals surface area (Å²) in [4.78, 5) is 7.70. The monoisotopic (exact) mass is 324 g/mol. The quantitative estimate of drug-likeness (QED) is 0.563. The van der Waals surface area contributed by atoms with E-state index in [1.807, 2.05) is 67.7 Å². The number of nitrogen functional groups attached to an aromatic ring is 1. The largest absolute Gasteiger partial charge is 0.383 e. The van der Waals surface area contributed by atoms with Gasteiger partial charge in [-0.1, -0.05) is 48.5 Å². The van der Waals surface area contributed by atoms with E-state index < -0.39 is 0 Å². The van der Waals surface area contributed by atoms with E-state index >= 15 is 0 Å². The van der Waals surface area contributed by atoms with Gasteiger partial charge in [0.25, 0.3) is 0 Å². The SMILES string of the molecule is Cc1nc(N)c(C#N)c(-c2c[nH]c3ccccc23)c1-c1ccccc1. The zero-order chi connectivity index (χ0) is 17.4. The lowest BCUT2D eigenvalue weighted by Gasteiger charge is -2.15. The zero-order valence-electron chi connectivity index (χ0n) is 13.7. The summed E-state index contributed by atoms with van der Waals surface area (Å²) >= 11 is 0. The fourth-order valence-corrected chi connectivity index (χ4v) is 3.35. The average molecular weight is 324 g/mol. The molecule has 0 aliphatic heterocycles. The molecule has 25 heavy (non-hydrogen) atoms. The van der Waals surface area contributed by atoms with Crippen LogP contribution in [0.4, 0.5) is 5.82 Å². The second-order valence-corrected chi connectivity index (χ2v) is 5.93. The predicted molar refractivity (Wildman–Crippen MR) is 101 cm³/mol. The molecular weight excluding hydrogens is 308 g/mol. The topological polar surface area (TPSA) is 78.5 Å². The van der Waals surface area contributed by atoms with Gasteiger partial charge in [-0.15, -0.1) is 0 Å². The second kappa shape index (κ2) is 5.81. The average Bonchev–Trinajstić information content (AvgIpc) is 3.05. The van der Waals surface area contributed by atoms with Gasteiger partial charge in [-0.3, -0.25) is 0 Å². The first kappa shape index (κ1) is 15.0. The minimum atomic E-state index is 0.264. The number of aromatic nitrogens is 2. The number of aryl methyl sites for hydroxylation is 1. The van der Waals surface area contributed by atoms with E-state index in [9.17, 15) is 5.26 Å². The minimum Gasteiger partial charge on any atom is -0.383 e. The Morgan fingerprint density at radius 1 is 1.00 bits per heavy atom. The number of nitrogens with two attached hydrogens (primary N) is 1. The first-order valence-corrected chi connectivity index (χ1v) is 8.02. The summed E-state index contributed by atoms with van der Waals surface area (Å²) in [7, 11) is 0. The van der Waals surface area contributed by atoms with Crippen LogP contribution in [0, 0.1) is 18.3 Å². The molecule has 0 fully saturated rings. The Kier molecular flexibility index (Phi) is 3.48. The molecule has 2 aromatic heterocycles. The Balaban J connectivity index is 2.15. The number of nitrogens with zero attached hydrogens (tertiary/aromatic N) is 2. The molecule has 0 radical (unpaired) electrons. The summed E-state index contributed by atoms with van der Waals surface area (Å²) in [6.07, 6.45) is 1.94. The van der Waals surface area contributed by atoms with E-state index in [2.05, 4.69) is 16.0 Å². The Morgan fingerprint density at radius 3 is 2.48 bits per heavy atom. The molecule has 2 aromatic carbocycles. The van der Waals surface area contributed by atoms with Gasteiger partial charge in [-0.2, -0.15) is 5.26 Å². The summed E-state index contributed by atoms with van der Waals surface area (Å²) < 4.78 is 0. The second-order valence-electron chi connectivity index (χ2n) is 5.93. The highest BCUT2D eigenvalue weighted by atomic mass is 14.8. The summed E-state index contributed by atoms with van der Waals surface area (Å²) in [5.41, 5.74) is 12.1. The number of nitrogens with one attached hydrogen (secondary N) is 1. The molecule has 4 heteroatoms. The van der Waals surface area contributed by atoms with Gasteiger partial charge in [0.05, 0.1) is 0 Å². The number of nitriles is 1. The van der Waals surface area contributed by atoms with Crippen LogP contribution in [0.5, 0.6) is 0 Å². The maximum absolute atomic E-state index is 9.75. The number of pyridine rings is 1. The molecule has 0 spiro atoms. The number of hydrogen-bond acceptors (Lipinski definition) is 3. The van der Waals surface area contributed by atoms with E-state index in [4.69, 9.17) is 5.73 Å². The lowest BCUT2D eigenvalue weighted by atomic mass is 9.90. The summed E-state index contributed by atoms with van der Waals surface area (Å²) in [5.74, 6) is 0.264. The molecule has 0 saturated carbocycles. The number of H-pyrrole nitrogens is 1. The first-order valence-electron chi connectivity index (χ1n) is 8.02. The predicted octanol–water partition coefficient (Wildman–Crippen LogP) is 4.66.